The van der Waals surface area contributed by atoms with Gasteiger partial charge in [-0.1, -0.05) is 12.2 Å². The van der Waals surface area contributed by atoms with E-state index in [1.807, 2.05) is 0 Å². The molecule has 1 N–H and O–H groups in total. The van der Waals surface area contributed by atoms with Crippen molar-refractivity contribution in [2.24, 2.45) is 17.8 Å². The van der Waals surface area contributed by atoms with Gasteiger partial charge in [0.05, 0.1) is 0 Å². The van der Waals surface area contributed by atoms with Gasteiger partial charge in [-0.2, -0.15) is 0 Å². The van der Waals surface area contributed by atoms with Gasteiger partial charge in [0.25, 0.3) is 0 Å². The molecule has 1 saturated carbocycles. The van der Waals surface area contributed by atoms with E-state index in [1.165, 1.54) is 12.8 Å². The zero-order valence-corrected chi connectivity index (χ0v) is 7.78. The maximum atomic E-state index is 11.6. The lowest BCUT2D eigenvalue weighted by atomic mass is 9.67. The van der Waals surface area contributed by atoms with E-state index in [1.54, 1.807) is 0 Å². The summed E-state index contributed by atoms with van der Waals surface area (Å²) >= 11 is 0. The van der Waals surface area contributed by atoms with E-state index in [9.17, 15) is 4.79 Å². The van der Waals surface area contributed by atoms with Gasteiger partial charge in [0.1, 0.15) is 5.78 Å². The summed E-state index contributed by atoms with van der Waals surface area (Å²) in [5.74, 6) is 1.60. The molecule has 0 aromatic rings. The van der Waals surface area contributed by atoms with Crippen molar-refractivity contribution in [2.45, 2.75) is 25.7 Å². The zero-order valence-electron chi connectivity index (χ0n) is 7.78. The van der Waals surface area contributed by atoms with Crippen molar-refractivity contribution in [1.82, 2.24) is 0 Å². The third-order valence-electron chi connectivity index (χ3n) is 3.35. The lowest BCUT2D eigenvalue weighted by molar-refractivity contribution is -0.126. The normalized spacial score (nSPS) is 36.5. The molecule has 3 unspecified atom stereocenters. The van der Waals surface area contributed by atoms with E-state index in [-0.39, 0.29) is 18.3 Å². The second-order valence-electron chi connectivity index (χ2n) is 4.17. The fourth-order valence-corrected chi connectivity index (χ4v) is 2.60. The predicted molar refractivity (Wildman–Crippen MR) is 50.2 cm³/mol. The van der Waals surface area contributed by atoms with Crippen molar-refractivity contribution in [3.05, 3.63) is 12.2 Å². The van der Waals surface area contributed by atoms with Gasteiger partial charge in [-0.15, -0.1) is 0 Å². The molecule has 3 aliphatic rings. The van der Waals surface area contributed by atoms with Crippen LogP contribution in [0.1, 0.15) is 25.7 Å². The predicted octanol–water partition coefficient (Wildman–Crippen LogP) is 1.54. The molecule has 0 spiro atoms. The summed E-state index contributed by atoms with van der Waals surface area (Å²) in [4.78, 5) is 11.6. The Morgan fingerprint density at radius 3 is 2.69 bits per heavy atom. The third kappa shape index (κ3) is 1.68. The number of allylic oxidation sites excluding steroid dienone is 2. The van der Waals surface area contributed by atoms with Crippen molar-refractivity contribution < 1.29 is 9.90 Å². The molecule has 0 amide bonds. The number of Topliss-reactive ketones (excluding diaryl/α,β-unsaturated/α-hetero) is 1. The Kier molecular flexibility index (Phi) is 2.49. The molecule has 0 aliphatic heterocycles. The van der Waals surface area contributed by atoms with Crippen LogP contribution in [-0.4, -0.2) is 17.5 Å². The zero-order chi connectivity index (χ0) is 9.26. The molecule has 0 radical (unpaired) electrons. The van der Waals surface area contributed by atoms with Gasteiger partial charge in [0.15, 0.2) is 0 Å². The quantitative estimate of drug-likeness (QED) is 0.669. The average Bonchev–Trinajstić information content (AvgIpc) is 2.20. The Balaban J connectivity index is 2.02. The molecule has 3 rings (SSSR count). The molecule has 3 atom stereocenters. The highest BCUT2D eigenvalue weighted by Crippen LogP contribution is 2.40. The van der Waals surface area contributed by atoms with E-state index in [4.69, 9.17) is 5.11 Å². The van der Waals surface area contributed by atoms with Gasteiger partial charge in [-0.3, -0.25) is 4.79 Å². The monoisotopic (exact) mass is 180 g/mol. The highest BCUT2D eigenvalue weighted by atomic mass is 16.3. The molecule has 2 bridgehead atoms. The van der Waals surface area contributed by atoms with Crippen molar-refractivity contribution in [3.63, 3.8) is 0 Å². The smallest absolute Gasteiger partial charge is 0.138 e. The van der Waals surface area contributed by atoms with Crippen LogP contribution in [0.3, 0.4) is 0 Å². The van der Waals surface area contributed by atoms with Gasteiger partial charge in [-0.05, 0) is 31.1 Å². The summed E-state index contributed by atoms with van der Waals surface area (Å²) < 4.78 is 0. The van der Waals surface area contributed by atoms with Crippen LogP contribution in [0, 0.1) is 17.8 Å². The van der Waals surface area contributed by atoms with Crippen LogP contribution >= 0.6 is 0 Å². The van der Waals surface area contributed by atoms with Crippen molar-refractivity contribution in [1.29, 1.82) is 0 Å². The number of carbonyl (C=O) groups is 1. The first kappa shape index (κ1) is 8.95. The Morgan fingerprint density at radius 1 is 1.38 bits per heavy atom. The summed E-state index contributed by atoms with van der Waals surface area (Å²) in [5, 5.41) is 8.70. The fourth-order valence-electron chi connectivity index (χ4n) is 2.60. The Labute approximate surface area is 78.6 Å². The topological polar surface area (TPSA) is 37.3 Å². The van der Waals surface area contributed by atoms with E-state index < -0.39 is 0 Å². The van der Waals surface area contributed by atoms with Crippen LogP contribution < -0.4 is 0 Å². The Hall–Kier alpha value is -0.630. The first-order valence-electron chi connectivity index (χ1n) is 5.13. The lowest BCUT2D eigenvalue weighted by Gasteiger charge is -2.37. The highest BCUT2D eigenvalue weighted by Gasteiger charge is 2.35. The van der Waals surface area contributed by atoms with E-state index in [0.29, 0.717) is 18.3 Å². The molecule has 13 heavy (non-hydrogen) atoms. The summed E-state index contributed by atoms with van der Waals surface area (Å²) in [6.45, 7) is 0.0104. The number of rotatable bonds is 3. The van der Waals surface area contributed by atoms with Crippen LogP contribution in [0.5, 0.6) is 0 Å². The number of hydrogen-bond acceptors (Lipinski definition) is 2. The van der Waals surface area contributed by atoms with Crippen molar-refractivity contribution in [3.8, 4) is 0 Å². The van der Waals surface area contributed by atoms with Crippen LogP contribution in [0.4, 0.5) is 0 Å². The Morgan fingerprint density at radius 2 is 2.23 bits per heavy atom. The maximum absolute atomic E-state index is 11.6. The number of fused-ring (bicyclic) bond motifs is 2. The number of aliphatic hydroxyl groups is 1. The molecule has 0 aromatic heterocycles. The number of hydrogen-bond donors (Lipinski definition) is 1. The molecule has 2 nitrogen and oxygen atoms in total. The van der Waals surface area contributed by atoms with Gasteiger partial charge < -0.3 is 5.11 Å². The van der Waals surface area contributed by atoms with E-state index in [0.717, 1.165) is 6.42 Å². The second kappa shape index (κ2) is 3.62. The van der Waals surface area contributed by atoms with Crippen LogP contribution in [0.2, 0.25) is 0 Å². The molecule has 0 heterocycles. The number of carbonyl (C=O) groups excluding carboxylic acids is 1. The summed E-state index contributed by atoms with van der Waals surface area (Å²) in [5.41, 5.74) is 0. The lowest BCUT2D eigenvalue weighted by Crippen LogP contribution is -2.33. The number of aliphatic hydroxyl groups excluding tert-OH is 1. The number of ketones is 1. The molecule has 3 aliphatic carbocycles. The minimum absolute atomic E-state index is 0.0104. The van der Waals surface area contributed by atoms with E-state index in [2.05, 4.69) is 12.2 Å². The maximum Gasteiger partial charge on any atom is 0.138 e. The van der Waals surface area contributed by atoms with Crippen LogP contribution in [-0.2, 0) is 4.79 Å². The minimum Gasteiger partial charge on any atom is -0.396 e. The molecule has 0 aromatic carbocycles. The van der Waals surface area contributed by atoms with Gasteiger partial charge in [-0.25, -0.2) is 0 Å². The van der Waals surface area contributed by atoms with Crippen LogP contribution in [0.25, 0.3) is 0 Å². The molecule has 72 valence electrons. The van der Waals surface area contributed by atoms with E-state index >= 15 is 0 Å². The van der Waals surface area contributed by atoms with Gasteiger partial charge in [0.2, 0.25) is 0 Å². The standard InChI is InChI=1S/C11H16O2/c12-6-5-11(13)10-7-8-1-3-9(10)4-2-8/h1,3,8-10,12H,2,4-7H2. The first-order valence-corrected chi connectivity index (χ1v) is 5.13. The third-order valence-corrected chi connectivity index (χ3v) is 3.35. The van der Waals surface area contributed by atoms with Crippen molar-refractivity contribution >= 4 is 5.78 Å². The fraction of sp³-hybridized carbons (Fsp3) is 0.727. The molecule has 2 heteroatoms. The molecule has 0 saturated heterocycles. The highest BCUT2D eigenvalue weighted by molar-refractivity contribution is 5.82. The largest absolute Gasteiger partial charge is 0.396 e. The summed E-state index contributed by atoms with van der Waals surface area (Å²) in [6.07, 6.45) is 8.27. The van der Waals surface area contributed by atoms with Crippen LogP contribution in [0.15, 0.2) is 12.2 Å². The Bertz CT molecular complexity index is 232. The summed E-state index contributed by atoms with van der Waals surface area (Å²) in [6, 6.07) is 0. The second-order valence-corrected chi connectivity index (χ2v) is 4.17. The van der Waals surface area contributed by atoms with Crippen molar-refractivity contribution in [2.75, 3.05) is 6.61 Å². The SMILES string of the molecule is O=C(CCO)C1CC2C=CC1CC2. The molecular formula is C11H16O2. The first-order chi connectivity index (χ1) is 6.31. The molecule has 1 fully saturated rings. The molecular weight excluding hydrogens is 164 g/mol. The summed E-state index contributed by atoms with van der Waals surface area (Å²) in [7, 11) is 0. The minimum atomic E-state index is 0.0104. The van der Waals surface area contributed by atoms with Gasteiger partial charge in [0, 0.05) is 18.9 Å². The average molecular weight is 180 g/mol. The van der Waals surface area contributed by atoms with Gasteiger partial charge >= 0.3 is 0 Å².